The molecule has 1 heterocycles. The normalized spacial score (nSPS) is 12.2. The van der Waals surface area contributed by atoms with Crippen LogP contribution in [0.15, 0.2) is 62.9 Å². The van der Waals surface area contributed by atoms with Gasteiger partial charge >= 0.3 is 5.97 Å². The van der Waals surface area contributed by atoms with E-state index in [0.717, 1.165) is 22.4 Å². The van der Waals surface area contributed by atoms with Crippen molar-refractivity contribution in [2.24, 2.45) is 5.10 Å². The molecule has 0 bridgehead atoms. The summed E-state index contributed by atoms with van der Waals surface area (Å²) in [4.78, 5) is 30.6. The molecule has 0 fully saturated rings. The molecular formula is C31H31BrClN3O5. The molecule has 0 radical (unpaired) electrons. The minimum atomic E-state index is -0.850. The smallest absolute Gasteiger partial charge is 0.347 e. The van der Waals surface area contributed by atoms with Gasteiger partial charge in [0.15, 0.2) is 17.7 Å². The highest BCUT2D eigenvalue weighted by atomic mass is 79.9. The number of carbonyl (C=O) groups excluding carboxylic acids is 1. The third-order valence-electron chi connectivity index (χ3n) is 6.45. The summed E-state index contributed by atoms with van der Waals surface area (Å²) in [5.74, 6) is 1.16. The van der Waals surface area contributed by atoms with Crippen molar-refractivity contribution in [2.45, 2.75) is 46.6 Å². The van der Waals surface area contributed by atoms with Gasteiger partial charge in [0.2, 0.25) is 0 Å². The Hall–Kier alpha value is -3.69. The molecule has 1 atom stereocenters. The average Bonchev–Trinajstić information content (AvgIpc) is 2.94. The Labute approximate surface area is 252 Å². The van der Waals surface area contributed by atoms with E-state index in [1.54, 1.807) is 45.2 Å². The van der Waals surface area contributed by atoms with Gasteiger partial charge in [-0.25, -0.2) is 9.78 Å². The first-order chi connectivity index (χ1) is 19.5. The molecule has 4 aromatic rings. The lowest BCUT2D eigenvalue weighted by Crippen LogP contribution is -2.26. The van der Waals surface area contributed by atoms with Crippen molar-refractivity contribution >= 4 is 50.6 Å². The Bertz CT molecular complexity index is 1680. The number of fused-ring (bicyclic) bond motifs is 1. The maximum Gasteiger partial charge on any atom is 0.347 e. The van der Waals surface area contributed by atoms with E-state index in [1.165, 1.54) is 10.9 Å². The number of carbonyl (C=O) groups is 1. The van der Waals surface area contributed by atoms with E-state index in [-0.39, 0.29) is 23.1 Å². The number of rotatable bonds is 9. The molecule has 41 heavy (non-hydrogen) atoms. The van der Waals surface area contributed by atoms with Crippen molar-refractivity contribution in [3.05, 3.63) is 85.1 Å². The number of methoxy groups -OCH3 is 1. The van der Waals surface area contributed by atoms with Gasteiger partial charge < -0.3 is 14.2 Å². The fourth-order valence-electron chi connectivity index (χ4n) is 4.35. The van der Waals surface area contributed by atoms with Gasteiger partial charge in [0.25, 0.3) is 5.56 Å². The lowest BCUT2D eigenvalue weighted by Gasteiger charge is -2.17. The van der Waals surface area contributed by atoms with Crippen LogP contribution in [0.4, 0.5) is 0 Å². The first-order valence-corrected chi connectivity index (χ1v) is 14.3. The molecule has 1 aromatic heterocycles. The molecule has 0 aliphatic rings. The van der Waals surface area contributed by atoms with Crippen molar-refractivity contribution in [1.82, 2.24) is 9.66 Å². The fraction of sp³-hybridized carbons (Fsp3) is 0.290. The minimum absolute atomic E-state index is 0.181. The van der Waals surface area contributed by atoms with Crippen LogP contribution < -0.4 is 15.0 Å². The number of esters is 1. The van der Waals surface area contributed by atoms with Gasteiger partial charge in [0.05, 0.1) is 40.3 Å². The van der Waals surface area contributed by atoms with Crippen molar-refractivity contribution in [3.8, 4) is 22.9 Å². The molecular weight excluding hydrogens is 610 g/mol. The van der Waals surface area contributed by atoms with Crippen molar-refractivity contribution in [1.29, 1.82) is 0 Å². The van der Waals surface area contributed by atoms with Gasteiger partial charge in [-0.2, -0.15) is 9.78 Å². The van der Waals surface area contributed by atoms with E-state index in [4.69, 9.17) is 30.8 Å². The molecule has 214 valence electrons. The highest BCUT2D eigenvalue weighted by molar-refractivity contribution is 9.10. The van der Waals surface area contributed by atoms with Gasteiger partial charge in [-0.05, 0) is 95.7 Å². The third kappa shape index (κ3) is 6.47. The van der Waals surface area contributed by atoms with Gasteiger partial charge in [-0.1, -0.05) is 37.6 Å². The first kappa shape index (κ1) is 30.3. The average molecular weight is 641 g/mol. The van der Waals surface area contributed by atoms with Crippen LogP contribution in [0.3, 0.4) is 0 Å². The molecule has 0 unspecified atom stereocenters. The van der Waals surface area contributed by atoms with Crippen LogP contribution in [-0.2, 0) is 9.53 Å². The van der Waals surface area contributed by atoms with Crippen LogP contribution in [0, 0.1) is 6.92 Å². The zero-order chi connectivity index (χ0) is 29.8. The van der Waals surface area contributed by atoms with E-state index in [2.05, 4.69) is 34.9 Å². The lowest BCUT2D eigenvalue weighted by molar-refractivity contribution is -0.150. The number of aromatic nitrogens is 2. The standard InChI is InChI=1S/C31H31BrClN3O5/c1-7-40-31(38)19(5)41-28-24(32)13-20(14-25(28)33)16-34-36-29(35-26-11-9-8-10-21(26)30(36)37)23-15-22(17(2)3)27(39-6)12-18(23)4/h8-17,19H,7H2,1-6H3/t19-/m1/s1. The molecule has 0 saturated carbocycles. The SMILES string of the molecule is CCOC(=O)[C@@H](C)Oc1c(Cl)cc(C=Nn2c(-c3cc(C(C)C)c(OC)cc3C)nc3ccccc3c2=O)cc1Br. The Morgan fingerprint density at radius 3 is 2.56 bits per heavy atom. The maximum absolute atomic E-state index is 13.7. The summed E-state index contributed by atoms with van der Waals surface area (Å²) in [7, 11) is 1.64. The van der Waals surface area contributed by atoms with E-state index in [1.807, 2.05) is 31.2 Å². The van der Waals surface area contributed by atoms with Crippen molar-refractivity contribution < 1.29 is 19.0 Å². The lowest BCUT2D eigenvalue weighted by atomic mass is 9.96. The second-order valence-corrected chi connectivity index (χ2v) is 11.0. The molecule has 0 amide bonds. The molecule has 0 saturated heterocycles. The largest absolute Gasteiger partial charge is 0.496 e. The van der Waals surface area contributed by atoms with E-state index >= 15 is 0 Å². The Kier molecular flexibility index (Phi) is 9.50. The second kappa shape index (κ2) is 12.9. The van der Waals surface area contributed by atoms with Crippen molar-refractivity contribution in [2.75, 3.05) is 13.7 Å². The predicted octanol–water partition coefficient (Wildman–Crippen LogP) is 7.13. The minimum Gasteiger partial charge on any atom is -0.496 e. The topological polar surface area (TPSA) is 92.0 Å². The Balaban J connectivity index is 1.83. The number of hydrogen-bond donors (Lipinski definition) is 0. The Morgan fingerprint density at radius 1 is 1.17 bits per heavy atom. The van der Waals surface area contributed by atoms with Crippen LogP contribution in [0.25, 0.3) is 22.3 Å². The van der Waals surface area contributed by atoms with Crippen LogP contribution >= 0.6 is 27.5 Å². The van der Waals surface area contributed by atoms with Gasteiger partial charge in [0, 0.05) is 5.56 Å². The summed E-state index contributed by atoms with van der Waals surface area (Å²) in [6, 6.07) is 14.5. The summed E-state index contributed by atoms with van der Waals surface area (Å²) in [5, 5.41) is 5.28. The van der Waals surface area contributed by atoms with Crippen LogP contribution in [0.5, 0.6) is 11.5 Å². The van der Waals surface area contributed by atoms with Gasteiger partial charge in [-0.15, -0.1) is 0 Å². The van der Waals surface area contributed by atoms with Crippen LogP contribution in [0.1, 0.15) is 50.3 Å². The highest BCUT2D eigenvalue weighted by Crippen LogP contribution is 2.36. The summed E-state index contributed by atoms with van der Waals surface area (Å²) in [6.45, 7) is 9.67. The molecule has 0 aliphatic heterocycles. The number of benzene rings is 3. The number of ether oxygens (including phenoxy) is 3. The van der Waals surface area contributed by atoms with Crippen LogP contribution in [0.2, 0.25) is 5.02 Å². The number of nitrogens with zero attached hydrogens (tertiary/aromatic N) is 3. The van der Waals surface area contributed by atoms with Crippen molar-refractivity contribution in [3.63, 3.8) is 0 Å². The first-order valence-electron chi connectivity index (χ1n) is 13.1. The summed E-state index contributed by atoms with van der Waals surface area (Å²) < 4.78 is 18.2. The molecule has 8 nitrogen and oxygen atoms in total. The summed E-state index contributed by atoms with van der Waals surface area (Å²) >= 11 is 9.98. The number of halogens is 2. The molecule has 4 rings (SSSR count). The summed E-state index contributed by atoms with van der Waals surface area (Å²) in [5.41, 5.74) is 3.51. The van der Waals surface area contributed by atoms with E-state index in [0.29, 0.717) is 32.5 Å². The molecule has 0 spiro atoms. The quantitative estimate of drug-likeness (QED) is 0.143. The molecule has 10 heteroatoms. The zero-order valence-electron chi connectivity index (χ0n) is 23.7. The van der Waals surface area contributed by atoms with E-state index in [9.17, 15) is 9.59 Å². The fourth-order valence-corrected chi connectivity index (χ4v) is 5.31. The monoisotopic (exact) mass is 639 g/mol. The summed E-state index contributed by atoms with van der Waals surface area (Å²) in [6.07, 6.45) is 0.676. The Morgan fingerprint density at radius 2 is 1.90 bits per heavy atom. The van der Waals surface area contributed by atoms with Crippen LogP contribution in [-0.4, -0.2) is 41.7 Å². The number of para-hydroxylation sites is 1. The highest BCUT2D eigenvalue weighted by Gasteiger charge is 2.21. The van der Waals surface area contributed by atoms with Gasteiger partial charge in [0.1, 0.15) is 5.75 Å². The zero-order valence-corrected chi connectivity index (χ0v) is 26.0. The molecule has 0 aliphatic carbocycles. The number of aryl methyl sites for hydroxylation is 1. The number of hydrogen-bond acceptors (Lipinski definition) is 7. The molecule has 0 N–H and O–H groups in total. The third-order valence-corrected chi connectivity index (χ3v) is 7.32. The predicted molar refractivity (Wildman–Crippen MR) is 166 cm³/mol. The maximum atomic E-state index is 13.7. The van der Waals surface area contributed by atoms with Gasteiger partial charge in [-0.3, -0.25) is 4.79 Å². The van der Waals surface area contributed by atoms with E-state index < -0.39 is 12.1 Å². The molecule has 3 aromatic carbocycles. The second-order valence-electron chi connectivity index (χ2n) is 9.70.